The maximum atomic E-state index is 12.2. The van der Waals surface area contributed by atoms with Crippen LogP contribution in [0.3, 0.4) is 0 Å². The van der Waals surface area contributed by atoms with Gasteiger partial charge in [0.25, 0.3) is 0 Å². The van der Waals surface area contributed by atoms with Gasteiger partial charge in [-0.1, -0.05) is 17.8 Å². The third kappa shape index (κ3) is 2.94. The van der Waals surface area contributed by atoms with Crippen molar-refractivity contribution in [1.82, 2.24) is 20.5 Å². The third-order valence-corrected chi connectivity index (χ3v) is 4.76. The standard InChI is InChI=1S/C15H15N5O2S/c21-14(7-11-9-23-15-16-4-1-5-20(11)15)17-8-10-2-3-12-13(6-10)19-22-18-12/h2-3,6,9H,1,4-5,7-8H2,(H,17,21). The number of aliphatic imine (C=N–C) groups is 1. The third-order valence-electron chi connectivity index (χ3n) is 3.81. The number of thioether (sulfide) groups is 1. The van der Waals surface area contributed by atoms with Crippen LogP contribution in [-0.4, -0.2) is 39.4 Å². The lowest BCUT2D eigenvalue weighted by Crippen LogP contribution is -2.32. The van der Waals surface area contributed by atoms with Gasteiger partial charge >= 0.3 is 0 Å². The van der Waals surface area contributed by atoms with Crippen LogP contribution in [0, 0.1) is 0 Å². The Morgan fingerprint density at radius 3 is 3.22 bits per heavy atom. The van der Waals surface area contributed by atoms with Gasteiger partial charge in [-0.3, -0.25) is 9.79 Å². The minimum absolute atomic E-state index is 0.00190. The molecule has 2 aromatic rings. The normalized spacial score (nSPS) is 17.0. The number of hydrogen-bond donors (Lipinski definition) is 1. The predicted octanol–water partition coefficient (Wildman–Crippen LogP) is 1.88. The first kappa shape index (κ1) is 14.3. The Balaban J connectivity index is 1.35. The Hall–Kier alpha value is -2.35. The number of aromatic nitrogens is 2. The van der Waals surface area contributed by atoms with Crippen molar-refractivity contribution >= 4 is 33.9 Å². The highest BCUT2D eigenvalue weighted by atomic mass is 32.2. The van der Waals surface area contributed by atoms with E-state index in [4.69, 9.17) is 0 Å². The molecule has 4 rings (SSSR count). The average molecular weight is 329 g/mol. The molecule has 1 aromatic heterocycles. The summed E-state index contributed by atoms with van der Waals surface area (Å²) in [6.07, 6.45) is 1.41. The molecule has 1 N–H and O–H groups in total. The van der Waals surface area contributed by atoms with Gasteiger partial charge < -0.3 is 10.2 Å². The summed E-state index contributed by atoms with van der Waals surface area (Å²) >= 11 is 1.60. The van der Waals surface area contributed by atoms with Crippen LogP contribution in [0.25, 0.3) is 11.0 Å². The first-order valence-electron chi connectivity index (χ1n) is 7.45. The van der Waals surface area contributed by atoms with Crippen LogP contribution in [-0.2, 0) is 11.3 Å². The Labute approximate surface area is 136 Å². The van der Waals surface area contributed by atoms with Crippen molar-refractivity contribution in [2.75, 3.05) is 13.1 Å². The number of rotatable bonds is 4. The molecule has 0 aliphatic carbocycles. The molecule has 8 heteroatoms. The van der Waals surface area contributed by atoms with Gasteiger partial charge in [0.05, 0.1) is 6.42 Å². The summed E-state index contributed by atoms with van der Waals surface area (Å²) in [7, 11) is 0. The van der Waals surface area contributed by atoms with Crippen LogP contribution in [0.2, 0.25) is 0 Å². The van der Waals surface area contributed by atoms with Crippen molar-refractivity contribution in [1.29, 1.82) is 0 Å². The second kappa shape index (κ2) is 6.04. The average Bonchev–Trinajstić information content (AvgIpc) is 3.20. The molecule has 2 aliphatic rings. The van der Waals surface area contributed by atoms with Gasteiger partial charge in [-0.15, -0.1) is 0 Å². The van der Waals surface area contributed by atoms with Crippen molar-refractivity contribution in [2.45, 2.75) is 19.4 Å². The van der Waals surface area contributed by atoms with Crippen molar-refractivity contribution in [3.8, 4) is 0 Å². The van der Waals surface area contributed by atoms with E-state index in [1.807, 2.05) is 23.6 Å². The monoisotopic (exact) mass is 329 g/mol. The largest absolute Gasteiger partial charge is 0.352 e. The minimum atomic E-state index is 0.00190. The Morgan fingerprint density at radius 2 is 2.26 bits per heavy atom. The van der Waals surface area contributed by atoms with Crippen molar-refractivity contribution in [3.05, 3.63) is 34.9 Å². The SMILES string of the molecule is O=C(CC1=CSC2=NCCCN12)NCc1ccc2nonc2c1. The highest BCUT2D eigenvalue weighted by molar-refractivity contribution is 8.16. The lowest BCUT2D eigenvalue weighted by atomic mass is 10.2. The summed E-state index contributed by atoms with van der Waals surface area (Å²) < 4.78 is 4.67. The molecule has 0 fully saturated rings. The highest BCUT2D eigenvalue weighted by Crippen LogP contribution is 2.30. The van der Waals surface area contributed by atoms with Crippen molar-refractivity contribution in [3.63, 3.8) is 0 Å². The quantitative estimate of drug-likeness (QED) is 0.922. The molecule has 1 amide bonds. The fourth-order valence-corrected chi connectivity index (χ4v) is 3.59. The molecule has 3 heterocycles. The molecule has 0 radical (unpaired) electrons. The topological polar surface area (TPSA) is 83.6 Å². The van der Waals surface area contributed by atoms with Gasteiger partial charge in [-0.25, -0.2) is 4.63 Å². The van der Waals surface area contributed by atoms with Gasteiger partial charge in [0.15, 0.2) is 5.17 Å². The van der Waals surface area contributed by atoms with E-state index < -0.39 is 0 Å². The number of hydrogen-bond acceptors (Lipinski definition) is 7. The molecule has 7 nitrogen and oxygen atoms in total. The fraction of sp³-hybridized carbons (Fsp3) is 0.333. The van der Waals surface area contributed by atoms with Gasteiger partial charge in [0.1, 0.15) is 11.0 Å². The van der Waals surface area contributed by atoms with Crippen LogP contribution >= 0.6 is 11.8 Å². The lowest BCUT2D eigenvalue weighted by molar-refractivity contribution is -0.120. The minimum Gasteiger partial charge on any atom is -0.352 e. The number of nitrogens with one attached hydrogen (secondary N) is 1. The Kier molecular flexibility index (Phi) is 3.74. The van der Waals surface area contributed by atoms with E-state index in [2.05, 4.69) is 30.2 Å². The fourth-order valence-electron chi connectivity index (χ4n) is 2.64. The summed E-state index contributed by atoms with van der Waals surface area (Å²) in [6.45, 7) is 2.29. The van der Waals surface area contributed by atoms with E-state index in [0.717, 1.165) is 35.9 Å². The van der Waals surface area contributed by atoms with Crippen LogP contribution < -0.4 is 5.32 Å². The van der Waals surface area contributed by atoms with E-state index in [1.54, 1.807) is 11.8 Å². The Bertz CT molecular complexity index is 813. The Morgan fingerprint density at radius 1 is 1.35 bits per heavy atom. The zero-order chi connectivity index (χ0) is 15.6. The van der Waals surface area contributed by atoms with E-state index >= 15 is 0 Å². The van der Waals surface area contributed by atoms with E-state index in [-0.39, 0.29) is 5.91 Å². The molecule has 0 bridgehead atoms. The molecule has 0 atom stereocenters. The smallest absolute Gasteiger partial charge is 0.226 e. The summed E-state index contributed by atoms with van der Waals surface area (Å²) in [6, 6.07) is 5.61. The number of carbonyl (C=O) groups is 1. The predicted molar refractivity (Wildman–Crippen MR) is 87.6 cm³/mol. The van der Waals surface area contributed by atoms with Gasteiger partial charge in [0.2, 0.25) is 5.91 Å². The van der Waals surface area contributed by atoms with Crippen LogP contribution in [0.15, 0.2) is 38.9 Å². The molecule has 0 saturated carbocycles. The lowest BCUT2D eigenvalue weighted by Gasteiger charge is -2.25. The second-order valence-electron chi connectivity index (χ2n) is 5.44. The molecule has 0 saturated heterocycles. The maximum Gasteiger partial charge on any atom is 0.226 e. The maximum absolute atomic E-state index is 12.2. The number of fused-ring (bicyclic) bond motifs is 2. The molecular weight excluding hydrogens is 314 g/mol. The van der Waals surface area contributed by atoms with Crippen molar-refractivity contribution in [2.24, 2.45) is 4.99 Å². The first-order chi connectivity index (χ1) is 11.3. The van der Waals surface area contributed by atoms with E-state index in [0.29, 0.717) is 24.0 Å². The molecule has 2 aliphatic heterocycles. The number of benzene rings is 1. The molecule has 1 aromatic carbocycles. The zero-order valence-electron chi connectivity index (χ0n) is 12.4. The number of amides is 1. The van der Waals surface area contributed by atoms with E-state index in [9.17, 15) is 4.79 Å². The molecular formula is C15H15N5O2S. The van der Waals surface area contributed by atoms with Crippen LogP contribution in [0.5, 0.6) is 0 Å². The molecule has 118 valence electrons. The van der Waals surface area contributed by atoms with Gasteiger partial charge in [-0.05, 0) is 39.8 Å². The van der Waals surface area contributed by atoms with Crippen molar-refractivity contribution < 1.29 is 9.42 Å². The molecule has 0 spiro atoms. The number of amidine groups is 1. The highest BCUT2D eigenvalue weighted by Gasteiger charge is 2.25. The summed E-state index contributed by atoms with van der Waals surface area (Å²) in [4.78, 5) is 18.8. The van der Waals surface area contributed by atoms with Gasteiger partial charge in [0, 0.05) is 25.3 Å². The summed E-state index contributed by atoms with van der Waals surface area (Å²) in [5.74, 6) is 0.00190. The van der Waals surface area contributed by atoms with Gasteiger partial charge in [-0.2, -0.15) is 0 Å². The molecule has 0 unspecified atom stereocenters. The summed E-state index contributed by atoms with van der Waals surface area (Å²) in [5.41, 5.74) is 3.41. The number of nitrogens with zero attached hydrogens (tertiary/aromatic N) is 4. The second-order valence-corrected chi connectivity index (χ2v) is 6.27. The zero-order valence-corrected chi connectivity index (χ0v) is 13.2. The summed E-state index contributed by atoms with van der Waals surface area (Å²) in [5, 5.41) is 13.6. The first-order valence-corrected chi connectivity index (χ1v) is 8.33. The molecule has 23 heavy (non-hydrogen) atoms. The van der Waals surface area contributed by atoms with E-state index in [1.165, 1.54) is 0 Å². The number of carbonyl (C=O) groups excluding carboxylic acids is 1. The van der Waals surface area contributed by atoms with Crippen LogP contribution in [0.4, 0.5) is 0 Å². The van der Waals surface area contributed by atoms with Crippen LogP contribution in [0.1, 0.15) is 18.4 Å².